The molecule has 11 rings (SSSR count). The van der Waals surface area contributed by atoms with Crippen LogP contribution in [0.1, 0.15) is 22.3 Å². The lowest BCUT2D eigenvalue weighted by Crippen LogP contribution is -2.31. The maximum atomic E-state index is 6.49. The molecule has 5 heteroatoms. The highest BCUT2D eigenvalue weighted by molar-refractivity contribution is 6.10. The molecule has 7 aromatic carbocycles. The van der Waals surface area contributed by atoms with Crippen molar-refractivity contribution < 1.29 is 4.42 Å². The van der Waals surface area contributed by atoms with E-state index in [1.54, 1.807) is 6.20 Å². The molecule has 11 aromatic rings. The second-order valence-corrected chi connectivity index (χ2v) is 14.4. The van der Waals surface area contributed by atoms with Crippen molar-refractivity contribution >= 4 is 43.9 Å². The molecule has 268 valence electrons. The Bertz CT molecular complexity index is 3090. The molecular formula is C52H34N4O. The van der Waals surface area contributed by atoms with Crippen molar-refractivity contribution in [2.45, 2.75) is 5.41 Å². The van der Waals surface area contributed by atoms with Gasteiger partial charge in [-0.3, -0.25) is 4.57 Å². The molecular weight excluding hydrogens is 697 g/mol. The molecule has 0 aliphatic carbocycles. The van der Waals surface area contributed by atoms with Crippen molar-refractivity contribution in [2.75, 3.05) is 0 Å². The van der Waals surface area contributed by atoms with Gasteiger partial charge in [-0.2, -0.15) is 0 Å². The number of benzene rings is 7. The molecule has 0 bridgehead atoms. The lowest BCUT2D eigenvalue weighted by atomic mass is 9.65. The minimum absolute atomic E-state index is 0.601. The first-order valence-electron chi connectivity index (χ1n) is 19.2. The van der Waals surface area contributed by atoms with Crippen molar-refractivity contribution in [3.05, 3.63) is 229 Å². The molecule has 0 unspecified atom stereocenters. The lowest BCUT2D eigenvalue weighted by molar-refractivity contribution is 0.655. The van der Waals surface area contributed by atoms with E-state index in [1.807, 2.05) is 6.07 Å². The van der Waals surface area contributed by atoms with Gasteiger partial charge in [-0.25, -0.2) is 15.0 Å². The molecule has 4 heterocycles. The van der Waals surface area contributed by atoms with Gasteiger partial charge in [0.15, 0.2) is 5.82 Å². The Hall–Kier alpha value is -7.63. The zero-order valence-corrected chi connectivity index (χ0v) is 30.8. The van der Waals surface area contributed by atoms with Crippen LogP contribution >= 0.6 is 0 Å². The van der Waals surface area contributed by atoms with Gasteiger partial charge >= 0.3 is 0 Å². The van der Waals surface area contributed by atoms with Crippen LogP contribution in [0.3, 0.4) is 0 Å². The van der Waals surface area contributed by atoms with Gasteiger partial charge in [0.2, 0.25) is 5.71 Å². The molecule has 4 aromatic heterocycles. The van der Waals surface area contributed by atoms with Crippen molar-refractivity contribution in [2.24, 2.45) is 0 Å². The fraction of sp³-hybridized carbons (Fsp3) is 0.0192. The summed E-state index contributed by atoms with van der Waals surface area (Å²) in [6.45, 7) is 0. The summed E-state index contributed by atoms with van der Waals surface area (Å²) in [7, 11) is 0. The second-order valence-electron chi connectivity index (χ2n) is 14.4. The van der Waals surface area contributed by atoms with Crippen LogP contribution in [-0.4, -0.2) is 19.5 Å². The zero-order valence-electron chi connectivity index (χ0n) is 30.8. The molecule has 0 N–H and O–H groups in total. The van der Waals surface area contributed by atoms with Gasteiger partial charge in [0.05, 0.1) is 22.1 Å². The summed E-state index contributed by atoms with van der Waals surface area (Å²) < 4.78 is 8.74. The van der Waals surface area contributed by atoms with E-state index in [1.165, 1.54) is 27.5 Å². The van der Waals surface area contributed by atoms with E-state index < -0.39 is 5.41 Å². The molecule has 0 aliphatic heterocycles. The average Bonchev–Trinajstić information content (AvgIpc) is 3.84. The van der Waals surface area contributed by atoms with Gasteiger partial charge < -0.3 is 4.42 Å². The van der Waals surface area contributed by atoms with E-state index in [0.717, 1.165) is 55.6 Å². The van der Waals surface area contributed by atoms with E-state index in [4.69, 9.17) is 14.4 Å². The standard InChI is InChI=1S/C52H34N4O/c1-4-18-36(19-5-1)52(37-20-6-2-7-21-37,38-22-8-3-9-23-38)39-24-14-17-35(33-39)50-54-45(44-28-15-27-42-43-29-16-32-53-51(43)57-49(42)44)34-48(55-50)56-46-30-12-10-25-40(46)41-26-11-13-31-47(41)56/h1-34H. The van der Waals surface area contributed by atoms with Gasteiger partial charge in [-0.1, -0.05) is 158 Å². The van der Waals surface area contributed by atoms with Crippen molar-refractivity contribution in [1.29, 1.82) is 0 Å². The minimum Gasteiger partial charge on any atom is -0.437 e. The predicted molar refractivity (Wildman–Crippen MR) is 231 cm³/mol. The van der Waals surface area contributed by atoms with Crippen LogP contribution in [0.2, 0.25) is 0 Å². The van der Waals surface area contributed by atoms with Gasteiger partial charge in [0.25, 0.3) is 0 Å². The Balaban J connectivity index is 1.20. The second kappa shape index (κ2) is 13.3. The monoisotopic (exact) mass is 730 g/mol. The minimum atomic E-state index is -0.625. The number of rotatable bonds is 7. The highest BCUT2D eigenvalue weighted by atomic mass is 16.3. The van der Waals surface area contributed by atoms with Crippen molar-refractivity contribution in [1.82, 2.24) is 19.5 Å². The summed E-state index contributed by atoms with van der Waals surface area (Å²) in [6, 6.07) is 70.5. The molecule has 0 fully saturated rings. The van der Waals surface area contributed by atoms with Crippen LogP contribution in [-0.2, 0) is 5.41 Å². The third-order valence-corrected chi connectivity index (χ3v) is 11.2. The van der Waals surface area contributed by atoms with E-state index in [9.17, 15) is 0 Å². The molecule has 0 saturated heterocycles. The Morgan fingerprint density at radius 2 is 0.982 bits per heavy atom. The topological polar surface area (TPSA) is 56.7 Å². The van der Waals surface area contributed by atoms with Gasteiger partial charge in [-0.15, -0.1) is 0 Å². The molecule has 0 amide bonds. The highest BCUT2D eigenvalue weighted by Gasteiger charge is 2.38. The van der Waals surface area contributed by atoms with Gasteiger partial charge in [-0.05, 0) is 58.7 Å². The Morgan fingerprint density at radius 3 is 1.63 bits per heavy atom. The molecule has 0 atom stereocenters. The smallest absolute Gasteiger partial charge is 0.227 e. The largest absolute Gasteiger partial charge is 0.437 e. The third-order valence-electron chi connectivity index (χ3n) is 11.2. The van der Waals surface area contributed by atoms with Crippen LogP contribution in [0.5, 0.6) is 0 Å². The molecule has 5 nitrogen and oxygen atoms in total. The van der Waals surface area contributed by atoms with Gasteiger partial charge in [0, 0.05) is 44.9 Å². The Kier molecular flexibility index (Phi) is 7.64. The van der Waals surface area contributed by atoms with E-state index in [2.05, 4.69) is 204 Å². The summed E-state index contributed by atoms with van der Waals surface area (Å²) >= 11 is 0. The van der Waals surface area contributed by atoms with Crippen LogP contribution < -0.4 is 0 Å². The first kappa shape index (κ1) is 32.8. The predicted octanol–water partition coefficient (Wildman–Crippen LogP) is 12.6. The highest BCUT2D eigenvalue weighted by Crippen LogP contribution is 2.46. The zero-order chi connectivity index (χ0) is 37.8. The van der Waals surface area contributed by atoms with Crippen LogP contribution in [0.4, 0.5) is 0 Å². The fourth-order valence-corrected chi connectivity index (χ4v) is 8.78. The number of nitrogens with zero attached hydrogens (tertiary/aromatic N) is 4. The molecule has 57 heavy (non-hydrogen) atoms. The summed E-state index contributed by atoms with van der Waals surface area (Å²) in [4.78, 5) is 15.4. The first-order chi connectivity index (χ1) is 28.3. The Morgan fingerprint density at radius 1 is 0.439 bits per heavy atom. The fourth-order valence-electron chi connectivity index (χ4n) is 8.78. The quantitative estimate of drug-likeness (QED) is 0.153. The number of furan rings is 1. The maximum Gasteiger partial charge on any atom is 0.227 e. The maximum absolute atomic E-state index is 6.49. The summed E-state index contributed by atoms with van der Waals surface area (Å²) in [5.41, 5.74) is 10.0. The van der Waals surface area contributed by atoms with E-state index in [-0.39, 0.29) is 0 Å². The third kappa shape index (κ3) is 5.20. The molecule has 0 radical (unpaired) electrons. The summed E-state index contributed by atoms with van der Waals surface area (Å²) in [5, 5.41) is 4.30. The summed E-state index contributed by atoms with van der Waals surface area (Å²) in [6.07, 6.45) is 1.76. The number of hydrogen-bond acceptors (Lipinski definition) is 4. The number of pyridine rings is 1. The van der Waals surface area contributed by atoms with E-state index >= 15 is 0 Å². The lowest BCUT2D eigenvalue weighted by Gasteiger charge is -2.37. The van der Waals surface area contributed by atoms with Crippen LogP contribution in [0.25, 0.3) is 72.3 Å². The SMILES string of the molecule is c1ccc(C(c2ccccc2)(c2ccccc2)c2cccc(-c3nc(-c4cccc5c4oc4ncccc45)cc(-n4c5ccccc5c5ccccc54)n3)c2)cc1. The summed E-state index contributed by atoms with van der Waals surface area (Å²) in [5.74, 6) is 1.38. The molecule has 0 aliphatic rings. The van der Waals surface area contributed by atoms with Gasteiger partial charge in [0.1, 0.15) is 11.4 Å². The molecule has 0 spiro atoms. The van der Waals surface area contributed by atoms with Crippen molar-refractivity contribution in [3.8, 4) is 28.5 Å². The molecule has 0 saturated carbocycles. The number of fused-ring (bicyclic) bond motifs is 6. The van der Waals surface area contributed by atoms with Crippen molar-refractivity contribution in [3.63, 3.8) is 0 Å². The normalized spacial score (nSPS) is 11.9. The first-order valence-corrected chi connectivity index (χ1v) is 19.2. The number of aromatic nitrogens is 4. The number of para-hydroxylation sites is 3. The Labute approximate surface area is 329 Å². The van der Waals surface area contributed by atoms with E-state index in [0.29, 0.717) is 11.5 Å². The van der Waals surface area contributed by atoms with Crippen LogP contribution in [0.15, 0.2) is 211 Å². The number of hydrogen-bond donors (Lipinski definition) is 0. The van der Waals surface area contributed by atoms with Crippen LogP contribution in [0, 0.1) is 0 Å². The average molecular weight is 731 g/mol.